The second kappa shape index (κ2) is 4.34. The van der Waals surface area contributed by atoms with Crippen molar-refractivity contribution in [2.45, 2.75) is 19.4 Å². The first-order valence-electron chi connectivity index (χ1n) is 4.13. The van der Waals surface area contributed by atoms with Gasteiger partial charge >= 0.3 is 0 Å². The lowest BCUT2D eigenvalue weighted by atomic mass is 10.2. The predicted molar refractivity (Wildman–Crippen MR) is 46.0 cm³/mol. The van der Waals surface area contributed by atoms with E-state index in [-0.39, 0.29) is 0 Å². The second-order valence-corrected chi connectivity index (χ2v) is 2.81. The summed E-state index contributed by atoms with van der Waals surface area (Å²) in [7, 11) is 1.73. The summed E-state index contributed by atoms with van der Waals surface area (Å²) in [6.07, 6.45) is 3.08. The van der Waals surface area contributed by atoms with Crippen LogP contribution in [0.1, 0.15) is 13.3 Å². The van der Waals surface area contributed by atoms with Crippen LogP contribution in [0.3, 0.4) is 0 Å². The number of hydrogen-bond donors (Lipinski definition) is 0. The van der Waals surface area contributed by atoms with Crippen LogP contribution in [-0.2, 0) is 4.74 Å². The van der Waals surface area contributed by atoms with Crippen LogP contribution >= 0.6 is 0 Å². The summed E-state index contributed by atoms with van der Waals surface area (Å²) in [6, 6.07) is 0.520. The Bertz CT molecular complexity index is 136. The third kappa shape index (κ3) is 2.50. The van der Waals surface area contributed by atoms with E-state index in [9.17, 15) is 0 Å². The van der Waals surface area contributed by atoms with E-state index in [0.717, 1.165) is 26.1 Å². The van der Waals surface area contributed by atoms with E-state index in [4.69, 9.17) is 4.74 Å². The first kappa shape index (κ1) is 8.53. The molecule has 3 heteroatoms. The molecule has 0 N–H and O–H groups in total. The Hall–Kier alpha value is -0.570. The Morgan fingerprint density at radius 2 is 2.55 bits per heavy atom. The number of aliphatic imine (C=N–C) groups is 1. The number of hydrogen-bond acceptors (Lipinski definition) is 3. The lowest BCUT2D eigenvalue weighted by Crippen LogP contribution is -2.26. The van der Waals surface area contributed by atoms with Crippen molar-refractivity contribution in [2.75, 3.05) is 26.8 Å². The fraction of sp³-hybridized carbons (Fsp3) is 0.875. The molecular formula is C8H16N2O. The van der Waals surface area contributed by atoms with Crippen LogP contribution in [0.2, 0.25) is 0 Å². The van der Waals surface area contributed by atoms with Gasteiger partial charge in [0.25, 0.3) is 0 Å². The van der Waals surface area contributed by atoms with Crippen LogP contribution in [0.15, 0.2) is 4.99 Å². The zero-order valence-electron chi connectivity index (χ0n) is 7.29. The summed E-state index contributed by atoms with van der Waals surface area (Å²) in [5, 5.41) is 0. The molecule has 1 unspecified atom stereocenters. The first-order chi connectivity index (χ1) is 5.36. The Kier molecular flexibility index (Phi) is 3.36. The molecule has 0 aromatic heterocycles. The van der Waals surface area contributed by atoms with Crippen LogP contribution in [-0.4, -0.2) is 44.1 Å². The Labute approximate surface area is 68.1 Å². The normalized spacial score (nSPS) is 23.1. The van der Waals surface area contributed by atoms with Gasteiger partial charge in [0.2, 0.25) is 0 Å². The van der Waals surface area contributed by atoms with Gasteiger partial charge in [-0.1, -0.05) is 6.92 Å². The minimum absolute atomic E-state index is 0.520. The van der Waals surface area contributed by atoms with E-state index >= 15 is 0 Å². The molecule has 0 amide bonds. The van der Waals surface area contributed by atoms with Gasteiger partial charge in [-0.25, -0.2) is 0 Å². The molecule has 0 saturated carbocycles. The van der Waals surface area contributed by atoms with Crippen LogP contribution < -0.4 is 0 Å². The minimum Gasteiger partial charge on any atom is -0.383 e. The third-order valence-electron chi connectivity index (χ3n) is 1.94. The van der Waals surface area contributed by atoms with Gasteiger partial charge in [0.1, 0.15) is 0 Å². The number of rotatable bonds is 4. The maximum absolute atomic E-state index is 4.97. The smallest absolute Gasteiger partial charge is 0.0855 e. The summed E-state index contributed by atoms with van der Waals surface area (Å²) in [5.74, 6) is 0. The van der Waals surface area contributed by atoms with Gasteiger partial charge in [-0.05, 0) is 6.42 Å². The van der Waals surface area contributed by atoms with Crippen molar-refractivity contribution >= 4 is 6.34 Å². The summed E-state index contributed by atoms with van der Waals surface area (Å²) >= 11 is 0. The van der Waals surface area contributed by atoms with Crippen molar-refractivity contribution in [2.24, 2.45) is 4.99 Å². The molecule has 64 valence electrons. The molecule has 0 aliphatic carbocycles. The number of ether oxygens (including phenoxy) is 1. The van der Waals surface area contributed by atoms with Gasteiger partial charge in [0.05, 0.1) is 19.0 Å². The largest absolute Gasteiger partial charge is 0.383 e. The van der Waals surface area contributed by atoms with Crippen LogP contribution in [0.4, 0.5) is 0 Å². The minimum atomic E-state index is 0.520. The topological polar surface area (TPSA) is 24.8 Å². The Balaban J connectivity index is 2.15. The average molecular weight is 156 g/mol. The molecule has 0 radical (unpaired) electrons. The number of methoxy groups -OCH3 is 1. The summed E-state index contributed by atoms with van der Waals surface area (Å²) in [6.45, 7) is 5.00. The van der Waals surface area contributed by atoms with E-state index in [2.05, 4.69) is 16.8 Å². The predicted octanol–water partition coefficient (Wildman–Crippen LogP) is 0.755. The maximum Gasteiger partial charge on any atom is 0.0855 e. The van der Waals surface area contributed by atoms with Crippen molar-refractivity contribution in [1.29, 1.82) is 0 Å². The third-order valence-corrected chi connectivity index (χ3v) is 1.94. The highest BCUT2D eigenvalue weighted by Crippen LogP contribution is 2.05. The van der Waals surface area contributed by atoms with E-state index in [1.807, 2.05) is 6.34 Å². The summed E-state index contributed by atoms with van der Waals surface area (Å²) in [5.41, 5.74) is 0. The highest BCUT2D eigenvalue weighted by molar-refractivity contribution is 5.57. The van der Waals surface area contributed by atoms with Gasteiger partial charge in [0.15, 0.2) is 0 Å². The first-order valence-corrected chi connectivity index (χ1v) is 4.13. The van der Waals surface area contributed by atoms with E-state index in [1.54, 1.807) is 7.11 Å². The van der Waals surface area contributed by atoms with Crippen molar-refractivity contribution in [3.05, 3.63) is 0 Å². The molecule has 1 aliphatic heterocycles. The molecule has 0 aromatic carbocycles. The zero-order chi connectivity index (χ0) is 8.10. The summed E-state index contributed by atoms with van der Waals surface area (Å²) < 4.78 is 4.97. The van der Waals surface area contributed by atoms with E-state index in [1.165, 1.54) is 0 Å². The maximum atomic E-state index is 4.97. The highest BCUT2D eigenvalue weighted by Gasteiger charge is 2.13. The molecule has 0 bridgehead atoms. The molecule has 1 rings (SSSR count). The lowest BCUT2D eigenvalue weighted by Gasteiger charge is -2.14. The SMILES string of the molecule is CCC1CN(CCOC)C=N1. The Morgan fingerprint density at radius 1 is 1.73 bits per heavy atom. The molecule has 1 heterocycles. The van der Waals surface area contributed by atoms with Gasteiger partial charge in [-0.2, -0.15) is 0 Å². The molecule has 1 aliphatic rings. The van der Waals surface area contributed by atoms with Crippen molar-refractivity contribution in [1.82, 2.24) is 4.90 Å². The Morgan fingerprint density at radius 3 is 3.09 bits per heavy atom. The second-order valence-electron chi connectivity index (χ2n) is 2.81. The van der Waals surface area contributed by atoms with Crippen molar-refractivity contribution in [3.8, 4) is 0 Å². The van der Waals surface area contributed by atoms with E-state index < -0.39 is 0 Å². The molecular weight excluding hydrogens is 140 g/mol. The zero-order valence-corrected chi connectivity index (χ0v) is 7.29. The monoisotopic (exact) mass is 156 g/mol. The highest BCUT2D eigenvalue weighted by atomic mass is 16.5. The molecule has 11 heavy (non-hydrogen) atoms. The van der Waals surface area contributed by atoms with Crippen LogP contribution in [0.5, 0.6) is 0 Å². The quantitative estimate of drug-likeness (QED) is 0.600. The van der Waals surface area contributed by atoms with Gasteiger partial charge in [-0.3, -0.25) is 4.99 Å². The van der Waals surface area contributed by atoms with Crippen molar-refractivity contribution in [3.63, 3.8) is 0 Å². The fourth-order valence-corrected chi connectivity index (χ4v) is 1.15. The number of nitrogens with zero attached hydrogens (tertiary/aromatic N) is 2. The lowest BCUT2D eigenvalue weighted by molar-refractivity contribution is 0.178. The molecule has 0 fully saturated rings. The molecule has 1 atom stereocenters. The van der Waals surface area contributed by atoms with Crippen LogP contribution in [0.25, 0.3) is 0 Å². The van der Waals surface area contributed by atoms with Gasteiger partial charge in [0, 0.05) is 20.2 Å². The average Bonchev–Trinajstić information content (AvgIpc) is 2.48. The molecule has 0 aromatic rings. The molecule has 3 nitrogen and oxygen atoms in total. The molecule has 0 saturated heterocycles. The van der Waals surface area contributed by atoms with Crippen LogP contribution in [0, 0.1) is 0 Å². The van der Waals surface area contributed by atoms with Gasteiger partial charge < -0.3 is 9.64 Å². The van der Waals surface area contributed by atoms with Gasteiger partial charge in [-0.15, -0.1) is 0 Å². The molecule has 0 spiro atoms. The van der Waals surface area contributed by atoms with E-state index in [0.29, 0.717) is 6.04 Å². The van der Waals surface area contributed by atoms with Crippen molar-refractivity contribution < 1.29 is 4.74 Å². The summed E-state index contributed by atoms with van der Waals surface area (Å²) in [4.78, 5) is 6.54. The fourth-order valence-electron chi connectivity index (χ4n) is 1.15. The standard InChI is InChI=1S/C8H16N2O/c1-3-8-6-10(7-9-8)4-5-11-2/h7-8H,3-6H2,1-2H3.